The lowest BCUT2D eigenvalue weighted by Gasteiger charge is -2.33. The van der Waals surface area contributed by atoms with Crippen molar-refractivity contribution in [3.8, 4) is 11.1 Å². The maximum absolute atomic E-state index is 4.50. The summed E-state index contributed by atoms with van der Waals surface area (Å²) in [5.74, 6) is 1.06. The van der Waals surface area contributed by atoms with Crippen molar-refractivity contribution in [2.24, 2.45) is 0 Å². The molecular weight excluding hydrogens is 246 g/mol. The Morgan fingerprint density at radius 2 is 1.85 bits per heavy atom. The third-order valence-electron chi connectivity index (χ3n) is 3.95. The highest BCUT2D eigenvalue weighted by Crippen LogP contribution is 2.25. The molecule has 0 saturated carbocycles. The summed E-state index contributed by atoms with van der Waals surface area (Å²) in [6, 6.07) is 13.9. The van der Waals surface area contributed by atoms with Crippen molar-refractivity contribution in [1.82, 2.24) is 9.88 Å². The normalized spacial score (nSPS) is 16.4. The molecule has 3 nitrogen and oxygen atoms in total. The second-order valence-electron chi connectivity index (χ2n) is 5.42. The molecule has 0 spiro atoms. The second kappa shape index (κ2) is 5.63. The van der Waals surface area contributed by atoms with Crippen LogP contribution in [-0.2, 0) is 0 Å². The van der Waals surface area contributed by atoms with Gasteiger partial charge in [-0.3, -0.25) is 0 Å². The molecular formula is C17H20N3. The van der Waals surface area contributed by atoms with Crippen LogP contribution in [0.15, 0.2) is 36.5 Å². The number of hydrogen-bond donors (Lipinski definition) is 0. The molecule has 1 aliphatic heterocycles. The highest BCUT2D eigenvalue weighted by molar-refractivity contribution is 5.69. The van der Waals surface area contributed by atoms with E-state index in [1.54, 1.807) is 6.20 Å². The molecule has 3 rings (SSSR count). The van der Waals surface area contributed by atoms with E-state index in [1.807, 2.05) is 0 Å². The number of benzene rings is 1. The molecule has 0 amide bonds. The van der Waals surface area contributed by atoms with Gasteiger partial charge in [0.05, 0.1) is 0 Å². The standard InChI is InChI=1S/C17H20N3/c1-14-5-3-4-6-16(14)15-7-8-18-17(13-15)20-11-9-19(2)10-12-20/h3-6,8,13H,9-12H2,1-2H3. The zero-order valence-corrected chi connectivity index (χ0v) is 12.1. The first kappa shape index (κ1) is 13.1. The smallest absolute Gasteiger partial charge is 0.129 e. The number of rotatable bonds is 2. The summed E-state index contributed by atoms with van der Waals surface area (Å²) < 4.78 is 0. The zero-order chi connectivity index (χ0) is 13.9. The summed E-state index contributed by atoms with van der Waals surface area (Å²) in [6.45, 7) is 6.42. The molecule has 1 aromatic carbocycles. The van der Waals surface area contributed by atoms with Crippen LogP contribution in [0.2, 0.25) is 0 Å². The molecule has 0 atom stereocenters. The number of piperazine rings is 1. The minimum atomic E-state index is 1.04. The van der Waals surface area contributed by atoms with Crippen LogP contribution >= 0.6 is 0 Å². The van der Waals surface area contributed by atoms with Gasteiger partial charge in [0.15, 0.2) is 0 Å². The maximum atomic E-state index is 4.50. The Morgan fingerprint density at radius 3 is 2.60 bits per heavy atom. The van der Waals surface area contributed by atoms with Crippen LogP contribution in [0.4, 0.5) is 5.82 Å². The van der Waals surface area contributed by atoms with Gasteiger partial charge in [0.1, 0.15) is 5.82 Å². The average molecular weight is 266 g/mol. The largest absolute Gasteiger partial charge is 0.354 e. The Hall–Kier alpha value is -1.87. The molecule has 1 radical (unpaired) electrons. The van der Waals surface area contributed by atoms with E-state index in [9.17, 15) is 0 Å². The molecule has 1 aromatic heterocycles. The minimum absolute atomic E-state index is 1.04. The summed E-state index contributed by atoms with van der Waals surface area (Å²) in [7, 11) is 2.17. The van der Waals surface area contributed by atoms with Gasteiger partial charge >= 0.3 is 0 Å². The van der Waals surface area contributed by atoms with Crippen molar-refractivity contribution in [2.75, 3.05) is 38.1 Å². The average Bonchev–Trinajstić information content (AvgIpc) is 2.49. The maximum Gasteiger partial charge on any atom is 0.129 e. The first-order valence-corrected chi connectivity index (χ1v) is 7.11. The predicted molar refractivity (Wildman–Crippen MR) is 83.0 cm³/mol. The van der Waals surface area contributed by atoms with Crippen molar-refractivity contribution >= 4 is 5.82 Å². The van der Waals surface area contributed by atoms with Gasteiger partial charge < -0.3 is 9.80 Å². The minimum Gasteiger partial charge on any atom is -0.354 e. The summed E-state index contributed by atoms with van der Waals surface area (Å²) in [5.41, 5.74) is 3.65. The molecule has 1 saturated heterocycles. The molecule has 1 aliphatic rings. The molecule has 0 N–H and O–H groups in total. The van der Waals surface area contributed by atoms with Gasteiger partial charge in [-0.25, -0.2) is 4.98 Å². The van der Waals surface area contributed by atoms with Gasteiger partial charge in [-0.2, -0.15) is 0 Å². The number of aromatic nitrogens is 1. The van der Waals surface area contributed by atoms with Crippen molar-refractivity contribution in [3.63, 3.8) is 0 Å². The number of likely N-dealkylation sites (N-methyl/N-ethyl adjacent to an activating group) is 1. The van der Waals surface area contributed by atoms with E-state index >= 15 is 0 Å². The molecule has 103 valence electrons. The van der Waals surface area contributed by atoms with E-state index in [0.29, 0.717) is 0 Å². The SMILES string of the molecule is Cc1ccccc1-c1[c]cnc(N2CCN(C)CC2)c1. The quantitative estimate of drug-likeness (QED) is 0.833. The van der Waals surface area contributed by atoms with Crippen molar-refractivity contribution in [1.29, 1.82) is 0 Å². The molecule has 3 heteroatoms. The third-order valence-corrected chi connectivity index (χ3v) is 3.95. The van der Waals surface area contributed by atoms with Crippen LogP contribution in [-0.4, -0.2) is 43.1 Å². The van der Waals surface area contributed by atoms with Gasteiger partial charge in [-0.1, -0.05) is 24.3 Å². The van der Waals surface area contributed by atoms with E-state index in [2.05, 4.69) is 65.2 Å². The van der Waals surface area contributed by atoms with E-state index in [-0.39, 0.29) is 0 Å². The topological polar surface area (TPSA) is 19.4 Å². The van der Waals surface area contributed by atoms with Crippen molar-refractivity contribution in [3.05, 3.63) is 48.2 Å². The number of nitrogens with zero attached hydrogens (tertiary/aromatic N) is 3. The molecule has 0 unspecified atom stereocenters. The van der Waals surface area contributed by atoms with Crippen LogP contribution in [0.25, 0.3) is 11.1 Å². The molecule has 0 aliphatic carbocycles. The van der Waals surface area contributed by atoms with E-state index < -0.39 is 0 Å². The van der Waals surface area contributed by atoms with Crippen molar-refractivity contribution in [2.45, 2.75) is 6.92 Å². The van der Waals surface area contributed by atoms with Crippen LogP contribution in [0.5, 0.6) is 0 Å². The molecule has 1 fully saturated rings. The summed E-state index contributed by atoms with van der Waals surface area (Å²) in [4.78, 5) is 9.21. The third kappa shape index (κ3) is 2.68. The Kier molecular flexibility index (Phi) is 3.70. The second-order valence-corrected chi connectivity index (χ2v) is 5.42. The van der Waals surface area contributed by atoms with E-state index in [1.165, 1.54) is 11.1 Å². The van der Waals surface area contributed by atoms with Gasteiger partial charge in [-0.15, -0.1) is 0 Å². The van der Waals surface area contributed by atoms with Gasteiger partial charge in [0, 0.05) is 38.4 Å². The van der Waals surface area contributed by atoms with E-state index in [4.69, 9.17) is 0 Å². The summed E-state index contributed by atoms with van der Waals surface area (Å²) in [6.07, 6.45) is 1.80. The lowest BCUT2D eigenvalue weighted by atomic mass is 10.0. The fourth-order valence-electron chi connectivity index (χ4n) is 2.62. The van der Waals surface area contributed by atoms with E-state index in [0.717, 1.165) is 37.6 Å². The molecule has 2 heterocycles. The lowest BCUT2D eigenvalue weighted by Crippen LogP contribution is -2.44. The fourth-order valence-corrected chi connectivity index (χ4v) is 2.62. The molecule has 20 heavy (non-hydrogen) atoms. The first-order chi connectivity index (χ1) is 9.74. The first-order valence-electron chi connectivity index (χ1n) is 7.11. The Balaban J connectivity index is 1.88. The highest BCUT2D eigenvalue weighted by atomic mass is 15.3. The Labute approximate surface area is 120 Å². The molecule has 2 aromatic rings. The summed E-state index contributed by atoms with van der Waals surface area (Å²) in [5, 5.41) is 0. The van der Waals surface area contributed by atoms with Gasteiger partial charge in [0.2, 0.25) is 0 Å². The number of anilines is 1. The van der Waals surface area contributed by atoms with Crippen LogP contribution in [0, 0.1) is 13.0 Å². The van der Waals surface area contributed by atoms with Crippen LogP contribution < -0.4 is 4.90 Å². The fraction of sp³-hybridized carbons (Fsp3) is 0.353. The van der Waals surface area contributed by atoms with Crippen LogP contribution in [0.3, 0.4) is 0 Å². The van der Waals surface area contributed by atoms with Crippen LogP contribution in [0.1, 0.15) is 5.56 Å². The predicted octanol–water partition coefficient (Wildman–Crippen LogP) is 2.61. The highest BCUT2D eigenvalue weighted by Gasteiger charge is 2.15. The Bertz CT molecular complexity index is 586. The monoisotopic (exact) mass is 266 g/mol. The zero-order valence-electron chi connectivity index (χ0n) is 12.1. The van der Waals surface area contributed by atoms with Gasteiger partial charge in [0.25, 0.3) is 0 Å². The Morgan fingerprint density at radius 1 is 1.10 bits per heavy atom. The van der Waals surface area contributed by atoms with Crippen molar-refractivity contribution < 1.29 is 0 Å². The number of aryl methyl sites for hydroxylation is 1. The lowest BCUT2D eigenvalue weighted by molar-refractivity contribution is 0.312. The molecule has 0 bridgehead atoms. The van der Waals surface area contributed by atoms with Gasteiger partial charge in [-0.05, 0) is 36.7 Å². The number of pyridine rings is 1. The summed E-state index contributed by atoms with van der Waals surface area (Å²) >= 11 is 0. The number of hydrogen-bond acceptors (Lipinski definition) is 3.